The Balaban J connectivity index is 1.63. The average Bonchev–Trinajstić information content (AvgIpc) is 3.43. The first-order chi connectivity index (χ1) is 20.3. The predicted octanol–water partition coefficient (Wildman–Crippen LogP) is 5.69. The van der Waals surface area contributed by atoms with E-state index in [0.29, 0.717) is 34.4 Å². The summed E-state index contributed by atoms with van der Waals surface area (Å²) in [6.07, 6.45) is 4.31. The van der Waals surface area contributed by atoms with E-state index in [1.807, 2.05) is 48.7 Å². The zero-order chi connectivity index (χ0) is 29.8. The molecule has 0 saturated heterocycles. The van der Waals surface area contributed by atoms with Crippen LogP contribution in [-0.4, -0.2) is 39.9 Å². The number of nitrogens with zero attached hydrogens (tertiary/aromatic N) is 1. The molecule has 212 valence electrons. The average molecular weight is 562 g/mol. The number of hydrogen-bond acceptors (Lipinski definition) is 5. The minimum atomic E-state index is -1.10. The summed E-state index contributed by atoms with van der Waals surface area (Å²) in [5.41, 5.74) is 11.4. The van der Waals surface area contributed by atoms with Gasteiger partial charge < -0.3 is 25.9 Å². The van der Waals surface area contributed by atoms with Gasteiger partial charge in [0.2, 0.25) is 0 Å². The number of aromatic amines is 1. The fourth-order valence-electron chi connectivity index (χ4n) is 5.28. The Morgan fingerprint density at radius 3 is 2.52 bits per heavy atom. The molecular weight excluding hydrogens is 530 g/mol. The van der Waals surface area contributed by atoms with Crippen LogP contribution in [0.25, 0.3) is 22.0 Å². The van der Waals surface area contributed by atoms with Crippen LogP contribution in [-0.2, 0) is 6.54 Å². The highest BCUT2D eigenvalue weighted by Crippen LogP contribution is 2.40. The lowest BCUT2D eigenvalue weighted by Gasteiger charge is -2.22. The summed E-state index contributed by atoms with van der Waals surface area (Å²) in [5.74, 6) is -1.12. The van der Waals surface area contributed by atoms with E-state index in [1.165, 1.54) is 13.2 Å². The molecule has 0 bridgehead atoms. The molecular formula is C33H31N5O4. The fourth-order valence-corrected chi connectivity index (χ4v) is 5.28. The molecule has 0 spiro atoms. The molecule has 2 heterocycles. The number of amidine groups is 1. The number of nitrogens with one attached hydrogen (secondary N) is 3. The van der Waals surface area contributed by atoms with E-state index in [1.54, 1.807) is 30.5 Å². The van der Waals surface area contributed by atoms with Crippen molar-refractivity contribution >= 4 is 28.6 Å². The molecule has 0 aliphatic rings. The van der Waals surface area contributed by atoms with Crippen LogP contribution in [0.2, 0.25) is 0 Å². The SMILES string of the molecule is CCC(c1ccc(C(=O)NCc2ccccn2)cc1-c1ccc(OC)cc1C(=O)O)c1c[nH]c2cc(C(=N)N)ccc12. The number of H-pyrrole nitrogens is 1. The fraction of sp³-hybridized carbons (Fsp3) is 0.152. The molecule has 0 saturated carbocycles. The van der Waals surface area contributed by atoms with Crippen LogP contribution in [0.3, 0.4) is 0 Å². The van der Waals surface area contributed by atoms with Gasteiger partial charge in [-0.15, -0.1) is 0 Å². The van der Waals surface area contributed by atoms with E-state index >= 15 is 0 Å². The number of benzene rings is 3. The molecule has 5 rings (SSSR count). The molecule has 5 aromatic rings. The van der Waals surface area contributed by atoms with E-state index in [-0.39, 0.29) is 29.8 Å². The van der Waals surface area contributed by atoms with E-state index in [9.17, 15) is 14.7 Å². The molecule has 1 unspecified atom stereocenters. The molecule has 0 aliphatic carbocycles. The van der Waals surface area contributed by atoms with Crippen molar-refractivity contribution in [2.45, 2.75) is 25.8 Å². The van der Waals surface area contributed by atoms with Gasteiger partial charge in [-0.25, -0.2) is 4.79 Å². The standard InChI is InChI=1S/C33H31N5O4/c1-3-23(29-18-37-30-15-19(31(34)35)7-11-26(29)30)24-10-8-20(32(39)38-17-21-6-4-5-13-36-21)14-27(24)25-12-9-22(42-2)16-28(25)33(40)41/h4-16,18,23,37H,3,17H2,1-2H3,(H3,34,35)(H,38,39)(H,40,41). The molecule has 0 fully saturated rings. The summed E-state index contributed by atoms with van der Waals surface area (Å²) in [7, 11) is 1.49. The molecule has 2 aromatic heterocycles. The highest BCUT2D eigenvalue weighted by molar-refractivity contribution is 6.01. The van der Waals surface area contributed by atoms with Gasteiger partial charge in [0.25, 0.3) is 5.91 Å². The van der Waals surface area contributed by atoms with Gasteiger partial charge in [0.05, 0.1) is 24.9 Å². The molecule has 9 heteroatoms. The minimum Gasteiger partial charge on any atom is -0.497 e. The van der Waals surface area contributed by atoms with Crippen LogP contribution in [0.15, 0.2) is 85.2 Å². The molecule has 3 aromatic carbocycles. The van der Waals surface area contributed by atoms with E-state index in [4.69, 9.17) is 15.9 Å². The van der Waals surface area contributed by atoms with Gasteiger partial charge in [0, 0.05) is 40.3 Å². The van der Waals surface area contributed by atoms with Crippen molar-refractivity contribution in [2.75, 3.05) is 7.11 Å². The maximum absolute atomic E-state index is 13.3. The number of carbonyl (C=O) groups is 2. The number of aromatic nitrogens is 2. The van der Waals surface area contributed by atoms with Gasteiger partial charge in [0.15, 0.2) is 0 Å². The maximum atomic E-state index is 13.3. The van der Waals surface area contributed by atoms with Crippen molar-refractivity contribution < 1.29 is 19.4 Å². The first-order valence-electron chi connectivity index (χ1n) is 13.5. The predicted molar refractivity (Wildman–Crippen MR) is 162 cm³/mol. The van der Waals surface area contributed by atoms with Crippen LogP contribution in [0.5, 0.6) is 5.75 Å². The topological polar surface area (TPSA) is 154 Å². The molecule has 0 radical (unpaired) electrons. The molecule has 6 N–H and O–H groups in total. The van der Waals surface area contributed by atoms with Gasteiger partial charge >= 0.3 is 5.97 Å². The maximum Gasteiger partial charge on any atom is 0.336 e. The number of aromatic carboxylic acids is 1. The largest absolute Gasteiger partial charge is 0.497 e. The number of hydrogen-bond donors (Lipinski definition) is 5. The highest BCUT2D eigenvalue weighted by Gasteiger charge is 2.24. The van der Waals surface area contributed by atoms with Crippen molar-refractivity contribution in [1.29, 1.82) is 5.41 Å². The van der Waals surface area contributed by atoms with Crippen LogP contribution >= 0.6 is 0 Å². The summed E-state index contributed by atoms with van der Waals surface area (Å²) in [5, 5.41) is 21.8. The number of nitrogens with two attached hydrogens (primary N) is 1. The number of carbonyl (C=O) groups excluding carboxylic acids is 1. The minimum absolute atomic E-state index is 0.0139. The van der Waals surface area contributed by atoms with Gasteiger partial charge in [-0.3, -0.25) is 15.2 Å². The first-order valence-corrected chi connectivity index (χ1v) is 13.5. The summed E-state index contributed by atoms with van der Waals surface area (Å²) in [4.78, 5) is 33.2. The van der Waals surface area contributed by atoms with Crippen LogP contribution in [0.4, 0.5) is 0 Å². The lowest BCUT2D eigenvalue weighted by atomic mass is 9.82. The lowest BCUT2D eigenvalue weighted by molar-refractivity contribution is 0.0697. The van der Waals surface area contributed by atoms with Crippen LogP contribution in [0.1, 0.15) is 62.4 Å². The van der Waals surface area contributed by atoms with Crippen LogP contribution in [0, 0.1) is 5.41 Å². The third kappa shape index (κ3) is 5.57. The van der Waals surface area contributed by atoms with Crippen molar-refractivity contribution in [3.05, 3.63) is 119 Å². The first kappa shape index (κ1) is 28.1. The smallest absolute Gasteiger partial charge is 0.336 e. The Hall–Kier alpha value is -5.44. The monoisotopic (exact) mass is 561 g/mol. The zero-order valence-electron chi connectivity index (χ0n) is 23.3. The molecule has 0 aliphatic heterocycles. The lowest BCUT2D eigenvalue weighted by Crippen LogP contribution is -2.23. The van der Waals surface area contributed by atoms with Crippen molar-refractivity contribution in [2.24, 2.45) is 5.73 Å². The number of carboxylic acids is 1. The second-order valence-electron chi connectivity index (χ2n) is 9.90. The summed E-state index contributed by atoms with van der Waals surface area (Å²) >= 11 is 0. The molecule has 42 heavy (non-hydrogen) atoms. The molecule has 1 amide bonds. The second-order valence-corrected chi connectivity index (χ2v) is 9.90. The number of methoxy groups -OCH3 is 1. The van der Waals surface area contributed by atoms with Crippen LogP contribution < -0.4 is 15.8 Å². The Morgan fingerprint density at radius 2 is 1.83 bits per heavy atom. The second kappa shape index (κ2) is 12.0. The Kier molecular flexibility index (Phi) is 8.01. The summed E-state index contributed by atoms with van der Waals surface area (Å²) in [6.45, 7) is 2.33. The van der Waals surface area contributed by atoms with Gasteiger partial charge in [-0.1, -0.05) is 31.2 Å². The van der Waals surface area contributed by atoms with E-state index in [0.717, 1.165) is 27.7 Å². The normalized spacial score (nSPS) is 11.7. The number of ether oxygens (including phenoxy) is 1. The van der Waals surface area contributed by atoms with E-state index in [2.05, 4.69) is 22.2 Å². The van der Waals surface area contributed by atoms with Gasteiger partial charge in [0.1, 0.15) is 11.6 Å². The number of amides is 1. The molecule has 1 atom stereocenters. The quantitative estimate of drug-likeness (QED) is 0.109. The molecule has 9 nitrogen and oxygen atoms in total. The van der Waals surface area contributed by atoms with Gasteiger partial charge in [-0.05, 0) is 77.2 Å². The third-order valence-electron chi connectivity index (χ3n) is 7.40. The number of fused-ring (bicyclic) bond motifs is 1. The zero-order valence-corrected chi connectivity index (χ0v) is 23.3. The number of nitrogen functional groups attached to an aromatic ring is 1. The Labute approximate surface area is 242 Å². The van der Waals surface area contributed by atoms with E-state index < -0.39 is 5.97 Å². The number of carboxylic acid groups (broad SMARTS) is 1. The van der Waals surface area contributed by atoms with Crippen molar-refractivity contribution in [1.82, 2.24) is 15.3 Å². The highest BCUT2D eigenvalue weighted by atomic mass is 16.5. The van der Waals surface area contributed by atoms with Crippen molar-refractivity contribution in [3.8, 4) is 16.9 Å². The summed E-state index contributed by atoms with van der Waals surface area (Å²) < 4.78 is 5.30. The third-order valence-corrected chi connectivity index (χ3v) is 7.40. The van der Waals surface area contributed by atoms with Gasteiger partial charge in [-0.2, -0.15) is 0 Å². The summed E-state index contributed by atoms with van der Waals surface area (Å²) in [6, 6.07) is 21.4. The Bertz CT molecular complexity index is 1800. The van der Waals surface area contributed by atoms with Crippen molar-refractivity contribution in [3.63, 3.8) is 0 Å². The number of pyridine rings is 1. The number of rotatable bonds is 10. The Morgan fingerprint density at radius 1 is 1.02 bits per heavy atom.